The van der Waals surface area contributed by atoms with Crippen molar-refractivity contribution < 1.29 is 24.5 Å². The lowest BCUT2D eigenvalue weighted by Crippen LogP contribution is -2.45. The molecule has 1 amide bonds. The van der Waals surface area contributed by atoms with Crippen molar-refractivity contribution in [3.63, 3.8) is 0 Å². The fourth-order valence-electron chi connectivity index (χ4n) is 7.74. The molecule has 2 unspecified atom stereocenters. The van der Waals surface area contributed by atoms with Crippen LogP contribution in [0.1, 0.15) is 271 Å². The number of hydrogen-bond donors (Lipinski definition) is 3. The Hall–Kier alpha value is -1.66. The molecule has 6 heteroatoms. The van der Waals surface area contributed by atoms with Crippen LogP contribution in [0.5, 0.6) is 0 Å². The van der Waals surface area contributed by atoms with E-state index in [-0.39, 0.29) is 18.5 Å². The number of carbonyl (C=O) groups is 2. The molecular weight excluding hydrogens is 719 g/mol. The molecule has 0 saturated heterocycles. The minimum absolute atomic E-state index is 0.0334. The monoisotopic (exact) mass is 818 g/mol. The van der Waals surface area contributed by atoms with E-state index in [4.69, 9.17) is 4.74 Å². The Kier molecular flexibility index (Phi) is 46.6. The number of unbranched alkanes of at least 4 members (excludes halogenated alkanes) is 34. The van der Waals surface area contributed by atoms with Gasteiger partial charge in [-0.25, -0.2) is 0 Å². The molecule has 6 nitrogen and oxygen atoms in total. The van der Waals surface area contributed by atoms with E-state index in [1.807, 2.05) is 6.08 Å². The molecule has 2 atom stereocenters. The van der Waals surface area contributed by atoms with Gasteiger partial charge in [-0.2, -0.15) is 0 Å². The van der Waals surface area contributed by atoms with Gasteiger partial charge in [-0.1, -0.05) is 224 Å². The fraction of sp³-hybridized carbons (Fsp3) is 0.885. The summed E-state index contributed by atoms with van der Waals surface area (Å²) in [5.41, 5.74) is 0. The molecule has 0 aromatic heterocycles. The summed E-state index contributed by atoms with van der Waals surface area (Å²) in [7, 11) is 0. The Bertz CT molecular complexity index is 904. The Balaban J connectivity index is 3.56. The molecule has 0 aromatic rings. The number of esters is 1. The molecule has 0 aliphatic carbocycles. The van der Waals surface area contributed by atoms with Crippen LogP contribution in [0.15, 0.2) is 24.3 Å². The number of amides is 1. The molecule has 342 valence electrons. The number of hydrogen-bond acceptors (Lipinski definition) is 5. The predicted octanol–water partition coefficient (Wildman–Crippen LogP) is 15.1. The van der Waals surface area contributed by atoms with Crippen molar-refractivity contribution in [1.29, 1.82) is 0 Å². The Morgan fingerprint density at radius 3 is 1.22 bits per heavy atom. The topological polar surface area (TPSA) is 95.9 Å². The van der Waals surface area contributed by atoms with Gasteiger partial charge in [0.05, 0.1) is 25.4 Å². The van der Waals surface area contributed by atoms with Gasteiger partial charge >= 0.3 is 5.97 Å². The Labute approximate surface area is 361 Å². The number of nitrogens with one attached hydrogen (secondary N) is 1. The minimum Gasteiger partial charge on any atom is -0.466 e. The van der Waals surface area contributed by atoms with Gasteiger partial charge in [0.1, 0.15) is 0 Å². The van der Waals surface area contributed by atoms with Crippen molar-refractivity contribution in [1.82, 2.24) is 5.32 Å². The first-order valence-electron chi connectivity index (χ1n) is 25.6. The lowest BCUT2D eigenvalue weighted by Gasteiger charge is -2.20. The van der Waals surface area contributed by atoms with Gasteiger partial charge in [0.25, 0.3) is 0 Å². The van der Waals surface area contributed by atoms with Gasteiger partial charge in [-0.3, -0.25) is 9.59 Å². The van der Waals surface area contributed by atoms with E-state index in [9.17, 15) is 19.8 Å². The summed E-state index contributed by atoms with van der Waals surface area (Å²) in [4.78, 5) is 24.4. The molecule has 0 aliphatic heterocycles. The van der Waals surface area contributed by atoms with Crippen LogP contribution < -0.4 is 5.32 Å². The van der Waals surface area contributed by atoms with E-state index in [0.29, 0.717) is 19.4 Å². The summed E-state index contributed by atoms with van der Waals surface area (Å²) in [6.45, 7) is 4.82. The maximum absolute atomic E-state index is 12.4. The average Bonchev–Trinajstić information content (AvgIpc) is 3.22. The smallest absolute Gasteiger partial charge is 0.305 e. The van der Waals surface area contributed by atoms with Gasteiger partial charge in [0, 0.05) is 12.8 Å². The lowest BCUT2D eigenvalue weighted by molar-refractivity contribution is -0.143. The fourth-order valence-corrected chi connectivity index (χ4v) is 7.74. The lowest BCUT2D eigenvalue weighted by atomic mass is 10.0. The maximum atomic E-state index is 12.4. The SMILES string of the molecule is CCCCCCCCCCCCCCCCCCC/C=C/C(O)C(CO)NC(=O)CCCCCCC/C=C\CCCCOC(=O)CCCCCCCCCCCCC. The second-order valence-electron chi connectivity index (χ2n) is 17.5. The molecule has 0 heterocycles. The van der Waals surface area contributed by atoms with Crippen molar-refractivity contribution in [2.24, 2.45) is 0 Å². The van der Waals surface area contributed by atoms with Crippen LogP contribution >= 0.6 is 0 Å². The number of ether oxygens (including phenoxy) is 1. The van der Waals surface area contributed by atoms with Crippen LogP contribution in [-0.2, 0) is 14.3 Å². The second-order valence-corrected chi connectivity index (χ2v) is 17.5. The zero-order valence-electron chi connectivity index (χ0n) is 38.8. The van der Waals surface area contributed by atoms with Crippen LogP contribution in [0.4, 0.5) is 0 Å². The standard InChI is InChI=1S/C52H99NO5/c1-3-5-7-9-11-13-15-16-17-18-19-20-21-22-25-28-32-36-40-44-50(55)49(48-54)53-51(56)45-41-37-33-29-26-23-27-31-35-39-43-47-58-52(57)46-42-38-34-30-24-14-12-10-8-6-4-2/h27,31,40,44,49-50,54-55H,3-26,28-30,32-39,41-43,45-48H2,1-2H3,(H,53,56)/b31-27-,44-40+. The molecule has 58 heavy (non-hydrogen) atoms. The molecule has 0 saturated carbocycles. The average molecular weight is 818 g/mol. The summed E-state index contributed by atoms with van der Waals surface area (Å²) in [6.07, 6.45) is 56.1. The summed E-state index contributed by atoms with van der Waals surface area (Å²) in [6, 6.07) is -0.648. The highest BCUT2D eigenvalue weighted by Crippen LogP contribution is 2.16. The summed E-state index contributed by atoms with van der Waals surface area (Å²) in [5.74, 6) is -0.129. The first kappa shape index (κ1) is 56.3. The highest BCUT2D eigenvalue weighted by atomic mass is 16.5. The third-order valence-electron chi connectivity index (χ3n) is 11.7. The molecule has 0 bridgehead atoms. The minimum atomic E-state index is -0.862. The Morgan fingerprint density at radius 1 is 0.466 bits per heavy atom. The zero-order chi connectivity index (χ0) is 42.3. The molecule has 0 aliphatic rings. The van der Waals surface area contributed by atoms with E-state index in [1.165, 1.54) is 161 Å². The molecule has 0 aromatic carbocycles. The van der Waals surface area contributed by atoms with E-state index in [0.717, 1.165) is 83.5 Å². The molecule has 3 N–H and O–H groups in total. The van der Waals surface area contributed by atoms with E-state index in [1.54, 1.807) is 6.08 Å². The van der Waals surface area contributed by atoms with Crippen molar-refractivity contribution in [2.75, 3.05) is 13.2 Å². The quantitative estimate of drug-likeness (QED) is 0.0323. The third kappa shape index (κ3) is 43.9. The third-order valence-corrected chi connectivity index (χ3v) is 11.7. The predicted molar refractivity (Wildman–Crippen MR) is 250 cm³/mol. The normalized spacial score (nSPS) is 12.8. The summed E-state index contributed by atoms with van der Waals surface area (Å²) >= 11 is 0. The molecule has 0 fully saturated rings. The maximum Gasteiger partial charge on any atom is 0.305 e. The number of allylic oxidation sites excluding steroid dienone is 3. The van der Waals surface area contributed by atoms with Crippen molar-refractivity contribution in [3.8, 4) is 0 Å². The molecule has 0 spiro atoms. The number of aliphatic hydroxyl groups excluding tert-OH is 2. The molecule has 0 rings (SSSR count). The van der Waals surface area contributed by atoms with Crippen LogP contribution in [0.3, 0.4) is 0 Å². The highest BCUT2D eigenvalue weighted by Gasteiger charge is 2.18. The van der Waals surface area contributed by atoms with E-state index < -0.39 is 12.1 Å². The summed E-state index contributed by atoms with van der Waals surface area (Å²) < 4.78 is 5.42. The molecular formula is C52H99NO5. The van der Waals surface area contributed by atoms with Crippen LogP contribution in [0.2, 0.25) is 0 Å². The summed E-state index contributed by atoms with van der Waals surface area (Å²) in [5, 5.41) is 23.1. The molecule has 0 radical (unpaired) electrons. The van der Waals surface area contributed by atoms with Crippen LogP contribution in [-0.4, -0.2) is 47.4 Å². The number of aliphatic hydroxyl groups is 2. The van der Waals surface area contributed by atoms with E-state index in [2.05, 4.69) is 31.3 Å². The van der Waals surface area contributed by atoms with Crippen molar-refractivity contribution in [3.05, 3.63) is 24.3 Å². The highest BCUT2D eigenvalue weighted by molar-refractivity contribution is 5.76. The second kappa shape index (κ2) is 48.0. The van der Waals surface area contributed by atoms with E-state index >= 15 is 0 Å². The van der Waals surface area contributed by atoms with Gasteiger partial charge in [-0.15, -0.1) is 0 Å². The van der Waals surface area contributed by atoms with Gasteiger partial charge in [0.2, 0.25) is 5.91 Å². The van der Waals surface area contributed by atoms with Gasteiger partial charge < -0.3 is 20.3 Å². The van der Waals surface area contributed by atoms with Crippen molar-refractivity contribution in [2.45, 2.75) is 283 Å². The number of carbonyl (C=O) groups excluding carboxylic acids is 2. The van der Waals surface area contributed by atoms with Crippen molar-refractivity contribution >= 4 is 11.9 Å². The van der Waals surface area contributed by atoms with Crippen LogP contribution in [0.25, 0.3) is 0 Å². The zero-order valence-corrected chi connectivity index (χ0v) is 38.8. The number of rotatable bonds is 47. The first-order valence-corrected chi connectivity index (χ1v) is 25.6. The largest absolute Gasteiger partial charge is 0.466 e. The van der Waals surface area contributed by atoms with Gasteiger partial charge in [-0.05, 0) is 57.8 Å². The van der Waals surface area contributed by atoms with Gasteiger partial charge in [0.15, 0.2) is 0 Å². The van der Waals surface area contributed by atoms with Crippen LogP contribution in [0, 0.1) is 0 Å². The Morgan fingerprint density at radius 2 is 0.810 bits per heavy atom. The first-order chi connectivity index (χ1) is 28.5.